The van der Waals surface area contributed by atoms with Gasteiger partial charge in [0.2, 0.25) is 5.91 Å². The Kier molecular flexibility index (Phi) is 5.00. The van der Waals surface area contributed by atoms with Crippen LogP contribution in [-0.4, -0.2) is 45.5 Å². The lowest BCUT2D eigenvalue weighted by Crippen LogP contribution is -2.60. The van der Waals surface area contributed by atoms with Crippen LogP contribution in [0.1, 0.15) is 38.4 Å². The molecule has 2 unspecified atom stereocenters. The van der Waals surface area contributed by atoms with E-state index < -0.39 is 5.54 Å². The highest BCUT2D eigenvalue weighted by atomic mass is 16.1. The highest BCUT2D eigenvalue weighted by Crippen LogP contribution is 2.31. The highest BCUT2D eigenvalue weighted by molar-refractivity contribution is 5.84. The molecule has 1 aromatic heterocycles. The molecule has 0 aromatic carbocycles. The SMILES string of the molecule is CCNC1(C(N)=O)CCCC(N(C)Cc2nccn2C)C1. The van der Waals surface area contributed by atoms with Gasteiger partial charge in [-0.05, 0) is 39.3 Å². The quantitative estimate of drug-likeness (QED) is 0.806. The van der Waals surface area contributed by atoms with Gasteiger partial charge in [0.15, 0.2) is 0 Å². The van der Waals surface area contributed by atoms with Crippen LogP contribution in [0.3, 0.4) is 0 Å². The van der Waals surface area contributed by atoms with E-state index in [1.54, 1.807) is 0 Å². The fraction of sp³-hybridized carbons (Fsp3) is 0.733. The third kappa shape index (κ3) is 3.44. The molecule has 1 amide bonds. The van der Waals surface area contributed by atoms with Crippen LogP contribution in [0.4, 0.5) is 0 Å². The fourth-order valence-electron chi connectivity index (χ4n) is 3.33. The van der Waals surface area contributed by atoms with E-state index in [4.69, 9.17) is 5.73 Å². The number of nitrogens with two attached hydrogens (primary N) is 1. The summed E-state index contributed by atoms with van der Waals surface area (Å²) >= 11 is 0. The molecule has 3 N–H and O–H groups in total. The summed E-state index contributed by atoms with van der Waals surface area (Å²) in [5, 5.41) is 3.33. The lowest BCUT2D eigenvalue weighted by Gasteiger charge is -2.42. The van der Waals surface area contributed by atoms with Crippen molar-refractivity contribution < 1.29 is 4.79 Å². The van der Waals surface area contributed by atoms with Crippen molar-refractivity contribution in [1.82, 2.24) is 19.8 Å². The van der Waals surface area contributed by atoms with E-state index in [1.165, 1.54) is 0 Å². The third-order valence-corrected chi connectivity index (χ3v) is 4.65. The molecule has 2 rings (SSSR count). The van der Waals surface area contributed by atoms with Gasteiger partial charge in [0.1, 0.15) is 5.82 Å². The zero-order valence-corrected chi connectivity index (χ0v) is 13.3. The summed E-state index contributed by atoms with van der Waals surface area (Å²) in [6.07, 6.45) is 7.50. The van der Waals surface area contributed by atoms with Crippen molar-refractivity contribution in [3.8, 4) is 0 Å². The summed E-state index contributed by atoms with van der Waals surface area (Å²) in [6, 6.07) is 0.349. The molecular weight excluding hydrogens is 266 g/mol. The molecule has 6 nitrogen and oxygen atoms in total. The molecule has 0 bridgehead atoms. The van der Waals surface area contributed by atoms with Crippen LogP contribution in [0, 0.1) is 0 Å². The number of rotatable bonds is 6. The molecule has 1 heterocycles. The molecule has 1 aliphatic rings. The summed E-state index contributed by atoms with van der Waals surface area (Å²) in [5.74, 6) is 0.815. The Balaban J connectivity index is 2.06. The smallest absolute Gasteiger partial charge is 0.237 e. The number of amides is 1. The minimum absolute atomic E-state index is 0.223. The van der Waals surface area contributed by atoms with Gasteiger partial charge in [-0.1, -0.05) is 6.92 Å². The van der Waals surface area contributed by atoms with Gasteiger partial charge >= 0.3 is 0 Å². The fourth-order valence-corrected chi connectivity index (χ4v) is 3.33. The molecule has 0 radical (unpaired) electrons. The lowest BCUT2D eigenvalue weighted by molar-refractivity contribution is -0.126. The lowest BCUT2D eigenvalue weighted by atomic mass is 9.77. The second-order valence-electron chi connectivity index (χ2n) is 6.10. The van der Waals surface area contributed by atoms with Crippen molar-refractivity contribution in [2.45, 2.75) is 50.7 Å². The number of aryl methyl sites for hydroxylation is 1. The molecule has 1 aliphatic carbocycles. The van der Waals surface area contributed by atoms with Crippen LogP contribution in [-0.2, 0) is 18.4 Å². The van der Waals surface area contributed by atoms with E-state index in [0.29, 0.717) is 6.04 Å². The number of aromatic nitrogens is 2. The first-order chi connectivity index (χ1) is 9.98. The molecule has 0 spiro atoms. The van der Waals surface area contributed by atoms with Crippen molar-refractivity contribution in [1.29, 1.82) is 0 Å². The van der Waals surface area contributed by atoms with Crippen LogP contribution < -0.4 is 11.1 Å². The Morgan fingerprint density at radius 2 is 2.43 bits per heavy atom. The standard InChI is InChI=1S/C15H27N5O/c1-4-18-15(14(16)21)7-5-6-12(10-15)20(3)11-13-17-8-9-19(13)2/h8-9,12,18H,4-7,10-11H2,1-3H3,(H2,16,21). The molecule has 2 atom stereocenters. The summed E-state index contributed by atoms with van der Waals surface area (Å²) < 4.78 is 2.03. The molecule has 1 saturated carbocycles. The number of carbonyl (C=O) groups excluding carboxylic acids is 1. The topological polar surface area (TPSA) is 76.2 Å². The van der Waals surface area contributed by atoms with Gasteiger partial charge in [0.25, 0.3) is 0 Å². The number of likely N-dealkylation sites (N-methyl/N-ethyl adjacent to an activating group) is 1. The first-order valence-electron chi connectivity index (χ1n) is 7.70. The van der Waals surface area contributed by atoms with Crippen molar-refractivity contribution in [2.24, 2.45) is 12.8 Å². The molecule has 0 aliphatic heterocycles. The van der Waals surface area contributed by atoms with Crippen molar-refractivity contribution >= 4 is 5.91 Å². The van der Waals surface area contributed by atoms with Gasteiger partial charge in [-0.15, -0.1) is 0 Å². The predicted octanol–water partition coefficient (Wildman–Crippen LogP) is 0.628. The number of hydrogen-bond acceptors (Lipinski definition) is 4. The van der Waals surface area contributed by atoms with Gasteiger partial charge in [0, 0.05) is 25.5 Å². The summed E-state index contributed by atoms with van der Waals surface area (Å²) in [7, 11) is 4.10. The van der Waals surface area contributed by atoms with Gasteiger partial charge in [-0.3, -0.25) is 9.69 Å². The number of imidazole rings is 1. The molecule has 6 heteroatoms. The van der Waals surface area contributed by atoms with Gasteiger partial charge in [-0.25, -0.2) is 4.98 Å². The minimum Gasteiger partial charge on any atom is -0.368 e. The molecule has 21 heavy (non-hydrogen) atoms. The first kappa shape index (κ1) is 16.0. The largest absolute Gasteiger partial charge is 0.368 e. The van der Waals surface area contributed by atoms with Crippen molar-refractivity contribution in [3.63, 3.8) is 0 Å². The molecule has 118 valence electrons. The van der Waals surface area contributed by atoms with E-state index in [2.05, 4.69) is 22.2 Å². The van der Waals surface area contributed by atoms with E-state index >= 15 is 0 Å². The van der Waals surface area contributed by atoms with Crippen LogP contribution >= 0.6 is 0 Å². The minimum atomic E-state index is -0.548. The Bertz CT molecular complexity index is 482. The Labute approximate surface area is 126 Å². The average molecular weight is 293 g/mol. The highest BCUT2D eigenvalue weighted by Gasteiger charge is 2.41. The predicted molar refractivity (Wildman–Crippen MR) is 82.5 cm³/mol. The van der Waals surface area contributed by atoms with Gasteiger partial charge in [0.05, 0.1) is 12.1 Å². The molecule has 0 saturated heterocycles. The maximum absolute atomic E-state index is 11.9. The zero-order valence-electron chi connectivity index (χ0n) is 13.3. The van der Waals surface area contributed by atoms with Crippen molar-refractivity contribution in [2.75, 3.05) is 13.6 Å². The molecule has 1 fully saturated rings. The van der Waals surface area contributed by atoms with Crippen molar-refractivity contribution in [3.05, 3.63) is 18.2 Å². The number of nitrogens with one attached hydrogen (secondary N) is 1. The van der Waals surface area contributed by atoms with Gasteiger partial charge < -0.3 is 15.6 Å². The maximum atomic E-state index is 11.9. The number of nitrogens with zero attached hydrogens (tertiary/aromatic N) is 3. The summed E-state index contributed by atoms with van der Waals surface area (Å²) in [6.45, 7) is 3.57. The first-order valence-corrected chi connectivity index (χ1v) is 7.70. The van der Waals surface area contributed by atoms with Gasteiger partial charge in [-0.2, -0.15) is 0 Å². The van der Waals surface area contributed by atoms with E-state index in [9.17, 15) is 4.79 Å². The summed E-state index contributed by atoms with van der Waals surface area (Å²) in [5.41, 5.74) is 5.13. The second kappa shape index (κ2) is 6.58. The normalized spacial score (nSPS) is 26.2. The zero-order chi connectivity index (χ0) is 15.5. The third-order valence-electron chi connectivity index (χ3n) is 4.65. The van der Waals surface area contributed by atoms with Crippen LogP contribution in [0.15, 0.2) is 12.4 Å². The van der Waals surface area contributed by atoms with Crippen LogP contribution in [0.2, 0.25) is 0 Å². The number of primary amides is 1. The van der Waals surface area contributed by atoms with E-state index in [0.717, 1.165) is 44.6 Å². The molecular formula is C15H27N5O. The summed E-state index contributed by atoms with van der Waals surface area (Å²) in [4.78, 5) is 18.6. The number of carbonyl (C=O) groups is 1. The van der Waals surface area contributed by atoms with Crippen LogP contribution in [0.25, 0.3) is 0 Å². The maximum Gasteiger partial charge on any atom is 0.237 e. The number of hydrogen-bond donors (Lipinski definition) is 2. The van der Waals surface area contributed by atoms with E-state index in [1.807, 2.05) is 30.9 Å². The second-order valence-corrected chi connectivity index (χ2v) is 6.10. The van der Waals surface area contributed by atoms with E-state index in [-0.39, 0.29) is 5.91 Å². The monoisotopic (exact) mass is 293 g/mol. The Morgan fingerprint density at radius 1 is 1.67 bits per heavy atom. The Hall–Kier alpha value is -1.40. The Morgan fingerprint density at radius 3 is 3.00 bits per heavy atom. The average Bonchev–Trinajstić information content (AvgIpc) is 2.84. The van der Waals surface area contributed by atoms with Crippen LogP contribution in [0.5, 0.6) is 0 Å². The molecule has 1 aromatic rings.